The van der Waals surface area contributed by atoms with Crippen LogP contribution in [0.15, 0.2) is 78.6 Å². The number of Topliss-reactive ketones (excluding diaryl/α,β-unsaturated/α-hetero) is 1. The molecule has 1 amide bonds. The summed E-state index contributed by atoms with van der Waals surface area (Å²) in [6.07, 6.45) is 1.65. The summed E-state index contributed by atoms with van der Waals surface area (Å²) in [4.78, 5) is 33.0. The summed E-state index contributed by atoms with van der Waals surface area (Å²) in [5.74, 6) is -0.819. The zero-order chi connectivity index (χ0) is 23.5. The molecule has 7 heteroatoms. The highest BCUT2D eigenvalue weighted by molar-refractivity contribution is 7.14. The van der Waals surface area contributed by atoms with Gasteiger partial charge in [0.15, 0.2) is 5.76 Å². The number of benzene rings is 2. The van der Waals surface area contributed by atoms with E-state index < -0.39 is 17.7 Å². The molecule has 0 spiro atoms. The van der Waals surface area contributed by atoms with Gasteiger partial charge in [-0.2, -0.15) is 0 Å². The largest absolute Gasteiger partial charge is 0.503 e. The van der Waals surface area contributed by atoms with Crippen molar-refractivity contribution in [1.29, 1.82) is 0 Å². The average Bonchev–Trinajstić information content (AvgIpc) is 3.28. The number of ketones is 1. The number of ether oxygens (including phenoxy) is 1. The number of thiazole rings is 1. The van der Waals surface area contributed by atoms with Crippen LogP contribution in [0.25, 0.3) is 0 Å². The summed E-state index contributed by atoms with van der Waals surface area (Å²) in [5, 5.41) is 11.6. The Kier molecular flexibility index (Phi) is 6.42. The predicted molar refractivity (Wildman–Crippen MR) is 127 cm³/mol. The molecule has 0 aliphatic carbocycles. The maximum absolute atomic E-state index is 13.6. The van der Waals surface area contributed by atoms with E-state index in [1.54, 1.807) is 25.1 Å². The SMILES string of the molecule is C=CCOc1ccc(C2C(C(=O)c3sc(C)nc3C)=C(O)C(=O)N2Cc2ccccc2)cc1. The van der Waals surface area contributed by atoms with Gasteiger partial charge < -0.3 is 14.7 Å². The maximum atomic E-state index is 13.6. The van der Waals surface area contributed by atoms with Crippen LogP contribution in [0.2, 0.25) is 0 Å². The number of aliphatic hydroxyl groups excluding tert-OH is 1. The molecule has 1 N–H and O–H groups in total. The van der Waals surface area contributed by atoms with E-state index in [-0.39, 0.29) is 17.9 Å². The molecule has 168 valence electrons. The molecule has 3 aromatic rings. The molecule has 2 aromatic carbocycles. The Hall–Kier alpha value is -3.71. The summed E-state index contributed by atoms with van der Waals surface area (Å²) in [6, 6.07) is 15.9. The monoisotopic (exact) mass is 460 g/mol. The van der Waals surface area contributed by atoms with Crippen molar-refractivity contribution in [2.24, 2.45) is 0 Å². The lowest BCUT2D eigenvalue weighted by Gasteiger charge is -2.27. The van der Waals surface area contributed by atoms with Gasteiger partial charge in [0, 0.05) is 6.54 Å². The summed E-state index contributed by atoms with van der Waals surface area (Å²) in [6.45, 7) is 7.85. The number of carbonyl (C=O) groups is 2. The first-order valence-corrected chi connectivity index (χ1v) is 11.3. The fourth-order valence-electron chi connectivity index (χ4n) is 3.94. The van der Waals surface area contributed by atoms with Crippen LogP contribution >= 0.6 is 11.3 Å². The highest BCUT2D eigenvalue weighted by Crippen LogP contribution is 2.41. The van der Waals surface area contributed by atoms with Gasteiger partial charge in [-0.3, -0.25) is 9.59 Å². The van der Waals surface area contributed by atoms with Gasteiger partial charge in [-0.15, -0.1) is 11.3 Å². The van der Waals surface area contributed by atoms with Crippen LogP contribution in [0, 0.1) is 13.8 Å². The third kappa shape index (κ3) is 4.45. The first-order chi connectivity index (χ1) is 15.9. The Labute approximate surface area is 196 Å². The summed E-state index contributed by atoms with van der Waals surface area (Å²) in [7, 11) is 0. The second-order valence-corrected chi connectivity index (χ2v) is 8.93. The normalized spacial score (nSPS) is 15.8. The van der Waals surface area contributed by atoms with Gasteiger partial charge in [0.05, 0.1) is 27.2 Å². The predicted octanol–water partition coefficient (Wildman–Crippen LogP) is 5.10. The van der Waals surface area contributed by atoms with Crippen molar-refractivity contribution in [3.63, 3.8) is 0 Å². The maximum Gasteiger partial charge on any atom is 0.290 e. The molecule has 1 aliphatic heterocycles. The standard InChI is InChI=1S/C26H24N2O4S/c1-4-14-32-20-12-10-19(11-13-20)22-21(23(29)25-16(2)27-17(3)33-25)24(30)26(31)28(22)15-18-8-6-5-7-9-18/h4-13,22,30H,1,14-15H2,2-3H3. The minimum absolute atomic E-state index is 0.0717. The Morgan fingerprint density at radius 2 is 1.88 bits per heavy atom. The highest BCUT2D eigenvalue weighted by atomic mass is 32.1. The first kappa shape index (κ1) is 22.5. The van der Waals surface area contributed by atoms with Gasteiger partial charge in [-0.25, -0.2) is 4.98 Å². The molecular formula is C26H24N2O4S. The zero-order valence-corrected chi connectivity index (χ0v) is 19.3. The molecule has 2 heterocycles. The molecular weight excluding hydrogens is 436 g/mol. The second-order valence-electron chi connectivity index (χ2n) is 7.73. The molecule has 4 rings (SSSR count). The Bertz CT molecular complexity index is 1230. The van der Waals surface area contributed by atoms with Crippen molar-refractivity contribution >= 4 is 23.0 Å². The van der Waals surface area contributed by atoms with Gasteiger partial charge in [0.2, 0.25) is 5.78 Å². The lowest BCUT2D eigenvalue weighted by atomic mass is 9.94. The molecule has 0 bridgehead atoms. The van der Waals surface area contributed by atoms with Crippen LogP contribution in [-0.2, 0) is 11.3 Å². The third-order valence-electron chi connectivity index (χ3n) is 5.42. The summed E-state index contributed by atoms with van der Waals surface area (Å²) >= 11 is 1.26. The molecule has 1 unspecified atom stereocenters. The van der Waals surface area contributed by atoms with Crippen molar-refractivity contribution in [2.45, 2.75) is 26.4 Å². The number of hydrogen-bond acceptors (Lipinski definition) is 6. The molecule has 33 heavy (non-hydrogen) atoms. The van der Waals surface area contributed by atoms with Gasteiger partial charge in [-0.05, 0) is 37.1 Å². The number of carbonyl (C=O) groups excluding carboxylic acids is 2. The molecule has 0 radical (unpaired) electrons. The first-order valence-electron chi connectivity index (χ1n) is 10.5. The van der Waals surface area contributed by atoms with Crippen molar-refractivity contribution in [2.75, 3.05) is 6.61 Å². The molecule has 0 saturated heterocycles. The summed E-state index contributed by atoms with van der Waals surface area (Å²) < 4.78 is 5.57. The van der Waals surface area contributed by atoms with E-state index in [4.69, 9.17) is 4.74 Å². The Morgan fingerprint density at radius 1 is 1.18 bits per heavy atom. The molecule has 1 atom stereocenters. The molecule has 0 saturated carbocycles. The van der Waals surface area contributed by atoms with E-state index in [0.29, 0.717) is 28.5 Å². The number of aryl methyl sites for hydroxylation is 2. The van der Waals surface area contributed by atoms with E-state index in [1.165, 1.54) is 16.2 Å². The van der Waals surface area contributed by atoms with Crippen molar-refractivity contribution in [3.05, 3.63) is 105 Å². The number of nitrogens with zero attached hydrogens (tertiary/aromatic N) is 2. The van der Waals surface area contributed by atoms with Crippen LogP contribution in [0.5, 0.6) is 5.75 Å². The van der Waals surface area contributed by atoms with E-state index in [2.05, 4.69) is 11.6 Å². The van der Waals surface area contributed by atoms with Crippen molar-refractivity contribution in [1.82, 2.24) is 9.88 Å². The van der Waals surface area contributed by atoms with Crippen molar-refractivity contribution < 1.29 is 19.4 Å². The van der Waals surface area contributed by atoms with Gasteiger partial charge in [0.25, 0.3) is 5.91 Å². The molecule has 6 nitrogen and oxygen atoms in total. The highest BCUT2D eigenvalue weighted by Gasteiger charge is 2.44. The van der Waals surface area contributed by atoms with Gasteiger partial charge >= 0.3 is 0 Å². The molecule has 0 fully saturated rings. The Morgan fingerprint density at radius 3 is 2.48 bits per heavy atom. The van der Waals surface area contributed by atoms with Gasteiger partial charge in [-0.1, -0.05) is 55.1 Å². The van der Waals surface area contributed by atoms with E-state index in [0.717, 1.165) is 10.6 Å². The number of rotatable bonds is 8. The fourth-order valence-corrected chi connectivity index (χ4v) is 4.82. The fraction of sp³-hybridized carbons (Fsp3) is 0.192. The number of aromatic nitrogens is 1. The summed E-state index contributed by atoms with van der Waals surface area (Å²) in [5.41, 5.74) is 2.26. The second kappa shape index (κ2) is 9.42. The van der Waals surface area contributed by atoms with E-state index in [1.807, 2.05) is 49.4 Å². The lowest BCUT2D eigenvalue weighted by molar-refractivity contribution is -0.130. The minimum Gasteiger partial charge on any atom is -0.503 e. The van der Waals surface area contributed by atoms with Crippen LogP contribution in [0.3, 0.4) is 0 Å². The quantitative estimate of drug-likeness (QED) is 0.374. The minimum atomic E-state index is -0.736. The smallest absolute Gasteiger partial charge is 0.290 e. The van der Waals surface area contributed by atoms with Crippen molar-refractivity contribution in [3.8, 4) is 5.75 Å². The van der Waals surface area contributed by atoms with Gasteiger partial charge in [0.1, 0.15) is 12.4 Å². The topological polar surface area (TPSA) is 79.7 Å². The number of amides is 1. The lowest BCUT2D eigenvalue weighted by Crippen LogP contribution is -2.30. The zero-order valence-electron chi connectivity index (χ0n) is 18.4. The number of hydrogen-bond donors (Lipinski definition) is 1. The molecule has 1 aromatic heterocycles. The number of aliphatic hydroxyl groups is 1. The van der Waals surface area contributed by atoms with Crippen LogP contribution in [-0.4, -0.2) is 33.3 Å². The van der Waals surface area contributed by atoms with Crippen LogP contribution < -0.4 is 4.74 Å². The van der Waals surface area contributed by atoms with E-state index >= 15 is 0 Å². The van der Waals surface area contributed by atoms with Crippen LogP contribution in [0.1, 0.15) is 37.5 Å². The average molecular weight is 461 g/mol. The Balaban J connectivity index is 1.77. The van der Waals surface area contributed by atoms with Crippen LogP contribution in [0.4, 0.5) is 0 Å². The van der Waals surface area contributed by atoms with E-state index in [9.17, 15) is 14.7 Å². The molecule has 1 aliphatic rings. The third-order valence-corrected chi connectivity index (χ3v) is 6.49.